The summed E-state index contributed by atoms with van der Waals surface area (Å²) in [7, 11) is 0. The van der Waals surface area contributed by atoms with Crippen LogP contribution in [0.2, 0.25) is 0 Å². The fraction of sp³-hybridized carbons (Fsp3) is 0.571. The highest BCUT2D eigenvalue weighted by Gasteiger charge is 2.61. The van der Waals surface area contributed by atoms with Crippen LogP contribution in [-0.4, -0.2) is 18.0 Å². The van der Waals surface area contributed by atoms with Gasteiger partial charge in [0, 0.05) is 23.1 Å². The number of hydrogen-bond acceptors (Lipinski definition) is 2. The average molecular weight is 487 g/mol. The van der Waals surface area contributed by atoms with Gasteiger partial charge in [0.05, 0.1) is 0 Å². The maximum absolute atomic E-state index is 14.3. The quantitative estimate of drug-likeness (QED) is 0.583. The van der Waals surface area contributed by atoms with Crippen LogP contribution >= 0.6 is 0 Å². The second-order valence-electron chi connectivity index (χ2n) is 11.5. The first kappa shape index (κ1) is 24.1. The monoisotopic (exact) mass is 486 g/mol. The smallest absolute Gasteiger partial charge is 0.338 e. The van der Waals surface area contributed by atoms with Gasteiger partial charge < -0.3 is 10.6 Å². The maximum Gasteiger partial charge on any atom is 0.415 e. The molecule has 2 saturated carbocycles. The van der Waals surface area contributed by atoms with Gasteiger partial charge in [0.1, 0.15) is 0 Å². The van der Waals surface area contributed by atoms with Crippen LogP contribution in [-0.2, 0) is 15.1 Å². The van der Waals surface area contributed by atoms with Gasteiger partial charge in [-0.1, -0.05) is 56.3 Å². The molecule has 1 aromatic carbocycles. The molecule has 2 fully saturated rings. The zero-order valence-corrected chi connectivity index (χ0v) is 20.4. The first-order valence-electron chi connectivity index (χ1n) is 12.6. The number of allylic oxidation sites excluding steroid dienone is 2. The number of benzene rings is 1. The van der Waals surface area contributed by atoms with Crippen LogP contribution in [0.5, 0.6) is 0 Å². The molecule has 4 nitrogen and oxygen atoms in total. The van der Waals surface area contributed by atoms with Gasteiger partial charge in [-0.25, -0.2) is 0 Å². The van der Waals surface area contributed by atoms with E-state index in [0.29, 0.717) is 18.3 Å². The molecule has 5 rings (SSSR count). The molecule has 0 bridgehead atoms. The Kier molecular flexibility index (Phi) is 5.50. The Labute approximate surface area is 204 Å². The number of fused-ring (bicyclic) bond motifs is 5. The third-order valence-electron chi connectivity index (χ3n) is 9.83. The van der Waals surface area contributed by atoms with Gasteiger partial charge in [-0.15, -0.1) is 0 Å². The highest BCUT2D eigenvalue weighted by Crippen LogP contribution is 2.64. The summed E-state index contributed by atoms with van der Waals surface area (Å²) in [6, 6.07) is 7.63. The molecule has 7 atom stereocenters. The van der Waals surface area contributed by atoms with Crippen molar-refractivity contribution in [1.29, 1.82) is 0 Å². The SMILES string of the molecule is CC(NC(=O)C1CC[C@H]2[C@@H]3CC=C4NC(=O)C=C[C@]4(C)[C@@H]3CC[C@]12C)(c1ccccc1)C(F)(F)F. The summed E-state index contributed by atoms with van der Waals surface area (Å²) in [6.07, 6.45) is 5.04. The van der Waals surface area contributed by atoms with Gasteiger partial charge in [0.15, 0.2) is 5.54 Å². The zero-order valence-electron chi connectivity index (χ0n) is 20.4. The highest BCUT2D eigenvalue weighted by molar-refractivity contribution is 5.90. The number of alkyl halides is 3. The Bertz CT molecular complexity index is 1100. The van der Waals surface area contributed by atoms with Crippen LogP contribution in [0.4, 0.5) is 13.2 Å². The molecule has 4 aliphatic rings. The Morgan fingerprint density at radius 1 is 1.09 bits per heavy atom. The highest BCUT2D eigenvalue weighted by atomic mass is 19.4. The number of carbonyl (C=O) groups is 2. The molecule has 1 heterocycles. The molecule has 0 spiro atoms. The van der Waals surface area contributed by atoms with E-state index in [0.717, 1.165) is 38.3 Å². The Balaban J connectivity index is 1.41. The van der Waals surface area contributed by atoms with Crippen molar-refractivity contribution >= 4 is 11.8 Å². The molecule has 0 radical (unpaired) electrons. The maximum atomic E-state index is 14.3. The number of rotatable bonds is 3. The van der Waals surface area contributed by atoms with Gasteiger partial charge in [0.25, 0.3) is 0 Å². The first-order valence-corrected chi connectivity index (χ1v) is 12.6. The molecular weight excluding hydrogens is 453 g/mol. The molecule has 0 saturated heterocycles. The number of hydrogen-bond donors (Lipinski definition) is 2. The van der Waals surface area contributed by atoms with Crippen LogP contribution < -0.4 is 10.6 Å². The van der Waals surface area contributed by atoms with E-state index < -0.39 is 23.5 Å². The molecular formula is C28H33F3N2O2. The normalized spacial score (nSPS) is 37.8. The van der Waals surface area contributed by atoms with E-state index in [4.69, 9.17) is 0 Å². The molecule has 2 unspecified atom stereocenters. The van der Waals surface area contributed by atoms with Crippen LogP contribution in [0.1, 0.15) is 58.4 Å². The summed E-state index contributed by atoms with van der Waals surface area (Å²) in [5, 5.41) is 5.45. The van der Waals surface area contributed by atoms with Crippen LogP contribution in [0, 0.1) is 34.5 Å². The minimum Gasteiger partial charge on any atom is -0.338 e. The van der Waals surface area contributed by atoms with Gasteiger partial charge >= 0.3 is 6.18 Å². The second kappa shape index (κ2) is 7.97. The Hall–Kier alpha value is -2.57. The molecule has 35 heavy (non-hydrogen) atoms. The molecule has 0 aromatic heterocycles. The van der Waals surface area contributed by atoms with Crippen molar-refractivity contribution in [1.82, 2.24) is 10.6 Å². The second-order valence-corrected chi connectivity index (χ2v) is 11.5. The fourth-order valence-corrected chi connectivity index (χ4v) is 7.70. The van der Waals surface area contributed by atoms with Crippen molar-refractivity contribution in [2.75, 3.05) is 0 Å². The van der Waals surface area contributed by atoms with Crippen molar-refractivity contribution in [2.45, 2.75) is 64.6 Å². The summed E-state index contributed by atoms with van der Waals surface area (Å²) >= 11 is 0. The minimum atomic E-state index is -4.63. The van der Waals surface area contributed by atoms with Crippen molar-refractivity contribution in [2.24, 2.45) is 34.5 Å². The van der Waals surface area contributed by atoms with E-state index in [9.17, 15) is 22.8 Å². The predicted octanol–water partition coefficient (Wildman–Crippen LogP) is 5.62. The molecule has 1 aliphatic heterocycles. The lowest BCUT2D eigenvalue weighted by molar-refractivity contribution is -0.199. The summed E-state index contributed by atoms with van der Waals surface area (Å²) in [5.74, 6) is -0.131. The van der Waals surface area contributed by atoms with E-state index in [1.54, 1.807) is 24.3 Å². The van der Waals surface area contributed by atoms with Crippen LogP contribution in [0.3, 0.4) is 0 Å². The molecule has 3 aliphatic carbocycles. The summed E-state index contributed by atoms with van der Waals surface area (Å²) < 4.78 is 42.8. The predicted molar refractivity (Wildman–Crippen MR) is 127 cm³/mol. The van der Waals surface area contributed by atoms with Crippen LogP contribution in [0.25, 0.3) is 0 Å². The van der Waals surface area contributed by atoms with Crippen molar-refractivity contribution in [3.8, 4) is 0 Å². The van der Waals surface area contributed by atoms with Gasteiger partial charge in [0.2, 0.25) is 11.8 Å². The summed E-state index contributed by atoms with van der Waals surface area (Å²) in [6.45, 7) is 5.34. The topological polar surface area (TPSA) is 58.2 Å². The molecule has 2 N–H and O–H groups in total. The van der Waals surface area contributed by atoms with E-state index in [1.807, 2.05) is 6.08 Å². The Morgan fingerprint density at radius 2 is 1.80 bits per heavy atom. The zero-order chi connectivity index (χ0) is 25.2. The molecule has 7 heteroatoms. The van der Waals surface area contributed by atoms with E-state index in [1.165, 1.54) is 12.1 Å². The van der Waals surface area contributed by atoms with Gasteiger partial charge in [-0.05, 0) is 67.8 Å². The molecule has 188 valence electrons. The van der Waals surface area contributed by atoms with Crippen molar-refractivity contribution in [3.63, 3.8) is 0 Å². The van der Waals surface area contributed by atoms with E-state index in [-0.39, 0.29) is 28.2 Å². The standard InChI is InChI=1S/C28H33F3N2O2/c1-25-15-13-20-18(9-12-22-26(20,2)16-14-23(34)32-22)19(25)10-11-21(25)24(35)33-27(3,28(29,30)31)17-7-5-4-6-8-17/h4-8,12,14,16,18-21H,9-11,13,15H2,1-3H3,(H,32,34)(H,33,35)/t18-,19-,20+,21?,25-,26+,27?/m0/s1. The lowest BCUT2D eigenvalue weighted by Crippen LogP contribution is -2.57. The summed E-state index contributed by atoms with van der Waals surface area (Å²) in [5.41, 5.74) is -2.05. The molecule has 2 amide bonds. The van der Waals surface area contributed by atoms with Gasteiger partial charge in [-0.3, -0.25) is 9.59 Å². The number of nitrogens with one attached hydrogen (secondary N) is 2. The van der Waals surface area contributed by atoms with Crippen molar-refractivity contribution < 1.29 is 22.8 Å². The third-order valence-corrected chi connectivity index (χ3v) is 9.83. The van der Waals surface area contributed by atoms with E-state index in [2.05, 4.69) is 30.6 Å². The minimum absolute atomic E-state index is 0.0354. The first-order chi connectivity index (χ1) is 16.4. The largest absolute Gasteiger partial charge is 0.415 e. The number of halogens is 3. The number of carbonyl (C=O) groups excluding carboxylic acids is 2. The van der Waals surface area contributed by atoms with Gasteiger partial charge in [-0.2, -0.15) is 13.2 Å². The lowest BCUT2D eigenvalue weighted by atomic mass is 9.50. The summed E-state index contributed by atoms with van der Waals surface area (Å²) in [4.78, 5) is 25.4. The fourth-order valence-electron chi connectivity index (χ4n) is 7.70. The molecule has 1 aromatic rings. The Morgan fingerprint density at radius 3 is 2.49 bits per heavy atom. The van der Waals surface area contributed by atoms with Crippen LogP contribution in [0.15, 0.2) is 54.3 Å². The third kappa shape index (κ3) is 3.56. The number of amides is 2. The van der Waals surface area contributed by atoms with E-state index >= 15 is 0 Å². The lowest BCUT2D eigenvalue weighted by Gasteiger charge is -2.56. The average Bonchev–Trinajstić information content (AvgIpc) is 3.16. The van der Waals surface area contributed by atoms with Crippen molar-refractivity contribution in [3.05, 3.63) is 59.8 Å².